The predicted molar refractivity (Wildman–Crippen MR) is 49.9 cm³/mol. The Hall–Kier alpha value is -0.630. The highest BCUT2D eigenvalue weighted by atomic mass is 32.1. The number of furan rings is 1. The second-order valence-corrected chi connectivity index (χ2v) is 2.73. The summed E-state index contributed by atoms with van der Waals surface area (Å²) in [5.74, 6) is 2.03. The van der Waals surface area contributed by atoms with Crippen LogP contribution in [0.2, 0.25) is 0 Å². The molecule has 1 heterocycles. The van der Waals surface area contributed by atoms with Crippen LogP contribution in [0.4, 0.5) is 0 Å². The number of rotatable bonds is 3. The lowest BCUT2D eigenvalue weighted by molar-refractivity contribution is 0.484. The van der Waals surface area contributed by atoms with Gasteiger partial charge < -0.3 is 4.42 Å². The molecule has 1 aromatic rings. The number of allylic oxidation sites excluding steroid dienone is 1. The van der Waals surface area contributed by atoms with E-state index in [1.807, 2.05) is 25.1 Å². The Labute approximate surface area is 72.5 Å². The Balaban J connectivity index is 2.38. The lowest BCUT2D eigenvalue weighted by atomic mass is 10.2. The van der Waals surface area contributed by atoms with Gasteiger partial charge in [0.15, 0.2) is 0 Å². The summed E-state index contributed by atoms with van der Waals surface area (Å²) in [5.41, 5.74) is 0. The van der Waals surface area contributed by atoms with Gasteiger partial charge >= 0.3 is 0 Å². The second-order valence-electron chi connectivity index (χ2n) is 2.44. The van der Waals surface area contributed by atoms with E-state index >= 15 is 0 Å². The van der Waals surface area contributed by atoms with E-state index in [1.54, 1.807) is 5.41 Å². The predicted octanol–water partition coefficient (Wildman–Crippen LogP) is 2.96. The van der Waals surface area contributed by atoms with Crippen molar-refractivity contribution < 1.29 is 4.42 Å². The average Bonchev–Trinajstić information content (AvgIpc) is 2.37. The van der Waals surface area contributed by atoms with Gasteiger partial charge in [-0.3, -0.25) is 0 Å². The maximum absolute atomic E-state index is 5.37. The van der Waals surface area contributed by atoms with Crippen molar-refractivity contribution in [3.05, 3.63) is 35.1 Å². The third-order valence-electron chi connectivity index (χ3n) is 1.46. The lowest BCUT2D eigenvalue weighted by Crippen LogP contribution is -1.76. The van der Waals surface area contributed by atoms with Crippen molar-refractivity contribution in [2.45, 2.75) is 19.8 Å². The molecule has 1 aromatic heterocycles. The van der Waals surface area contributed by atoms with E-state index in [-0.39, 0.29) is 0 Å². The Kier molecular flexibility index (Phi) is 3.30. The molecule has 0 unspecified atom stereocenters. The van der Waals surface area contributed by atoms with E-state index in [1.165, 1.54) is 0 Å². The molecule has 0 saturated carbocycles. The minimum absolute atomic E-state index is 0.963. The molecule has 0 aliphatic carbocycles. The average molecular weight is 168 g/mol. The van der Waals surface area contributed by atoms with Crippen LogP contribution >= 0.6 is 12.6 Å². The second kappa shape index (κ2) is 4.29. The van der Waals surface area contributed by atoms with Gasteiger partial charge in [-0.15, -0.1) is 0 Å². The first-order valence-electron chi connectivity index (χ1n) is 3.67. The first-order chi connectivity index (χ1) is 5.33. The highest BCUT2D eigenvalue weighted by Gasteiger charge is 1.95. The summed E-state index contributed by atoms with van der Waals surface area (Å²) in [6, 6.07) is 4.00. The molecule has 0 atom stereocenters. The molecular formula is C9H12OS. The largest absolute Gasteiger partial charge is 0.466 e. The zero-order chi connectivity index (χ0) is 8.10. The van der Waals surface area contributed by atoms with Crippen molar-refractivity contribution in [2.75, 3.05) is 0 Å². The molecule has 0 aromatic carbocycles. The normalized spacial score (nSPS) is 11.1. The van der Waals surface area contributed by atoms with Gasteiger partial charge in [0.25, 0.3) is 0 Å². The van der Waals surface area contributed by atoms with Crippen molar-refractivity contribution in [2.24, 2.45) is 0 Å². The van der Waals surface area contributed by atoms with Gasteiger partial charge in [-0.1, -0.05) is 6.08 Å². The van der Waals surface area contributed by atoms with Crippen LogP contribution < -0.4 is 0 Å². The summed E-state index contributed by atoms with van der Waals surface area (Å²) in [6.45, 7) is 1.96. The molecule has 1 nitrogen and oxygen atoms in total. The summed E-state index contributed by atoms with van der Waals surface area (Å²) in [7, 11) is 0. The molecule has 60 valence electrons. The number of thiol groups is 1. The van der Waals surface area contributed by atoms with Crippen LogP contribution in [0, 0.1) is 6.92 Å². The molecule has 0 spiro atoms. The third-order valence-corrected chi connectivity index (χ3v) is 1.67. The Morgan fingerprint density at radius 2 is 2.36 bits per heavy atom. The van der Waals surface area contributed by atoms with Crippen LogP contribution in [0.15, 0.2) is 28.0 Å². The van der Waals surface area contributed by atoms with E-state index < -0.39 is 0 Å². The zero-order valence-electron chi connectivity index (χ0n) is 6.58. The Morgan fingerprint density at radius 1 is 1.55 bits per heavy atom. The van der Waals surface area contributed by atoms with E-state index in [9.17, 15) is 0 Å². The number of aryl methyl sites for hydroxylation is 2. The number of hydrogen-bond donors (Lipinski definition) is 1. The van der Waals surface area contributed by atoms with Crippen molar-refractivity contribution in [1.82, 2.24) is 0 Å². The van der Waals surface area contributed by atoms with Crippen LogP contribution in [0.1, 0.15) is 17.9 Å². The molecule has 1 rings (SSSR count). The van der Waals surface area contributed by atoms with Gasteiger partial charge in [0, 0.05) is 6.42 Å². The summed E-state index contributed by atoms with van der Waals surface area (Å²) >= 11 is 3.96. The monoisotopic (exact) mass is 168 g/mol. The summed E-state index contributed by atoms with van der Waals surface area (Å²) < 4.78 is 5.37. The SMILES string of the molecule is Cc1ccc(CC/C=C/S)o1. The molecule has 0 amide bonds. The molecule has 0 saturated heterocycles. The maximum atomic E-state index is 5.37. The van der Waals surface area contributed by atoms with Gasteiger partial charge in [-0.25, -0.2) is 0 Å². The fourth-order valence-electron chi connectivity index (χ4n) is 0.920. The molecule has 11 heavy (non-hydrogen) atoms. The Morgan fingerprint density at radius 3 is 2.91 bits per heavy atom. The zero-order valence-corrected chi connectivity index (χ0v) is 7.47. The van der Waals surface area contributed by atoms with Crippen LogP contribution in [0.3, 0.4) is 0 Å². The molecule has 0 N–H and O–H groups in total. The first kappa shape index (κ1) is 8.47. The minimum atomic E-state index is 0.963. The minimum Gasteiger partial charge on any atom is -0.466 e. The molecule has 0 aliphatic heterocycles. The van der Waals surface area contributed by atoms with Gasteiger partial charge in [0.05, 0.1) is 0 Å². The molecule has 2 heteroatoms. The number of hydrogen-bond acceptors (Lipinski definition) is 2. The molecule has 0 radical (unpaired) electrons. The molecule has 0 bridgehead atoms. The van der Waals surface area contributed by atoms with Crippen LogP contribution in [0.25, 0.3) is 0 Å². The lowest BCUT2D eigenvalue weighted by Gasteiger charge is -1.89. The van der Waals surface area contributed by atoms with Gasteiger partial charge in [0.2, 0.25) is 0 Å². The quantitative estimate of drug-likeness (QED) is 0.685. The Bertz CT molecular complexity index is 237. The molecule has 0 fully saturated rings. The van der Waals surface area contributed by atoms with Crippen LogP contribution in [-0.4, -0.2) is 0 Å². The highest BCUT2D eigenvalue weighted by molar-refractivity contribution is 7.83. The van der Waals surface area contributed by atoms with Gasteiger partial charge in [0.1, 0.15) is 11.5 Å². The van der Waals surface area contributed by atoms with Crippen molar-refractivity contribution in [3.63, 3.8) is 0 Å². The molecule has 0 aliphatic rings. The summed E-state index contributed by atoms with van der Waals surface area (Å²) in [6.07, 6.45) is 3.97. The first-order valence-corrected chi connectivity index (χ1v) is 4.19. The van der Waals surface area contributed by atoms with Crippen LogP contribution in [-0.2, 0) is 6.42 Å². The van der Waals surface area contributed by atoms with Gasteiger partial charge in [-0.05, 0) is 30.9 Å². The van der Waals surface area contributed by atoms with Crippen molar-refractivity contribution in [1.29, 1.82) is 0 Å². The maximum Gasteiger partial charge on any atom is 0.104 e. The fourth-order valence-corrected chi connectivity index (χ4v) is 1.07. The standard InChI is InChI=1S/C9H12OS/c1-8-5-6-9(10-8)4-2-3-7-11/h3,5-7,11H,2,4H2,1H3/b7-3+. The van der Waals surface area contributed by atoms with E-state index in [0.717, 1.165) is 24.4 Å². The van der Waals surface area contributed by atoms with Crippen LogP contribution in [0.5, 0.6) is 0 Å². The fraction of sp³-hybridized carbons (Fsp3) is 0.333. The third kappa shape index (κ3) is 2.85. The van der Waals surface area contributed by atoms with E-state index in [4.69, 9.17) is 4.42 Å². The molecular weight excluding hydrogens is 156 g/mol. The summed E-state index contributed by atoms with van der Waals surface area (Å²) in [4.78, 5) is 0. The van der Waals surface area contributed by atoms with Crippen molar-refractivity contribution >= 4 is 12.6 Å². The van der Waals surface area contributed by atoms with Gasteiger partial charge in [-0.2, -0.15) is 12.6 Å². The topological polar surface area (TPSA) is 13.1 Å². The smallest absolute Gasteiger partial charge is 0.104 e. The highest BCUT2D eigenvalue weighted by Crippen LogP contribution is 2.08. The van der Waals surface area contributed by atoms with E-state index in [0.29, 0.717) is 0 Å². The van der Waals surface area contributed by atoms with E-state index in [2.05, 4.69) is 12.6 Å². The van der Waals surface area contributed by atoms with Crippen molar-refractivity contribution in [3.8, 4) is 0 Å². The summed E-state index contributed by atoms with van der Waals surface area (Å²) in [5, 5.41) is 1.76.